The van der Waals surface area contributed by atoms with Crippen molar-refractivity contribution in [2.45, 2.75) is 13.5 Å². The Hall–Kier alpha value is -2.56. The van der Waals surface area contributed by atoms with E-state index in [-0.39, 0.29) is 6.54 Å². The van der Waals surface area contributed by atoms with Gasteiger partial charge in [0.15, 0.2) is 0 Å². The number of fused-ring (bicyclic) bond motifs is 1. The number of imidazole rings is 1. The zero-order valence-corrected chi connectivity index (χ0v) is 11.4. The van der Waals surface area contributed by atoms with Crippen molar-refractivity contribution in [3.63, 3.8) is 0 Å². The number of aliphatic carboxylic acids is 1. The quantitative estimate of drug-likeness (QED) is 0.794. The highest BCUT2D eigenvalue weighted by Crippen LogP contribution is 2.32. The van der Waals surface area contributed by atoms with Crippen LogP contribution in [0.3, 0.4) is 0 Å². The van der Waals surface area contributed by atoms with Crippen LogP contribution in [-0.4, -0.2) is 25.2 Å². The van der Waals surface area contributed by atoms with Crippen LogP contribution in [0.25, 0.3) is 22.2 Å². The second-order valence-electron chi connectivity index (χ2n) is 4.86. The third kappa shape index (κ3) is 1.87. The van der Waals surface area contributed by atoms with E-state index in [1.165, 1.54) is 0 Å². The maximum atomic E-state index is 10.7. The highest BCUT2D eigenvalue weighted by Gasteiger charge is 2.15. The Morgan fingerprint density at radius 1 is 1.35 bits per heavy atom. The number of nitrogens with zero attached hydrogens (tertiary/aromatic N) is 3. The minimum atomic E-state index is -0.872. The van der Waals surface area contributed by atoms with Crippen LogP contribution >= 0.6 is 0 Å². The first-order valence-corrected chi connectivity index (χ1v) is 6.36. The predicted octanol–water partition coefficient (Wildman–Crippen LogP) is 2.43. The molecule has 5 nitrogen and oxygen atoms in total. The Balaban J connectivity index is 2.17. The van der Waals surface area contributed by atoms with E-state index in [2.05, 4.69) is 21.7 Å². The van der Waals surface area contributed by atoms with Crippen LogP contribution in [0.2, 0.25) is 0 Å². The number of para-hydroxylation sites is 1. The molecule has 102 valence electrons. The average molecular weight is 269 g/mol. The highest BCUT2D eigenvalue weighted by molar-refractivity contribution is 5.97. The summed E-state index contributed by atoms with van der Waals surface area (Å²) in [4.78, 5) is 15.1. The van der Waals surface area contributed by atoms with E-state index in [9.17, 15) is 4.79 Å². The third-order valence-electron chi connectivity index (χ3n) is 3.61. The Morgan fingerprint density at radius 2 is 2.10 bits per heavy atom. The van der Waals surface area contributed by atoms with Crippen molar-refractivity contribution in [2.24, 2.45) is 7.05 Å². The summed E-state index contributed by atoms with van der Waals surface area (Å²) in [5, 5.41) is 9.96. The van der Waals surface area contributed by atoms with E-state index < -0.39 is 5.97 Å². The largest absolute Gasteiger partial charge is 0.480 e. The summed E-state index contributed by atoms with van der Waals surface area (Å²) < 4.78 is 3.71. The van der Waals surface area contributed by atoms with Gasteiger partial charge in [-0.05, 0) is 13.0 Å². The molecule has 0 bridgehead atoms. The summed E-state index contributed by atoms with van der Waals surface area (Å²) in [6.45, 7) is 1.97. The number of aromatic nitrogens is 3. The van der Waals surface area contributed by atoms with Crippen molar-refractivity contribution in [1.82, 2.24) is 14.1 Å². The fraction of sp³-hybridized carbons (Fsp3) is 0.200. The third-order valence-corrected chi connectivity index (χ3v) is 3.61. The van der Waals surface area contributed by atoms with Crippen molar-refractivity contribution in [3.05, 3.63) is 42.5 Å². The second kappa shape index (κ2) is 4.52. The molecular formula is C15H15N3O2. The topological polar surface area (TPSA) is 60.1 Å². The molecule has 5 heteroatoms. The van der Waals surface area contributed by atoms with Gasteiger partial charge in [-0.3, -0.25) is 4.79 Å². The lowest BCUT2D eigenvalue weighted by Crippen LogP contribution is -2.06. The van der Waals surface area contributed by atoms with E-state index in [0.717, 1.165) is 27.9 Å². The molecule has 0 aliphatic carbocycles. The molecule has 0 aliphatic rings. The van der Waals surface area contributed by atoms with Gasteiger partial charge in [0, 0.05) is 35.4 Å². The van der Waals surface area contributed by atoms with Crippen LogP contribution in [0.4, 0.5) is 0 Å². The van der Waals surface area contributed by atoms with Crippen LogP contribution in [0.15, 0.2) is 36.8 Å². The molecule has 0 atom stereocenters. The van der Waals surface area contributed by atoms with Gasteiger partial charge in [-0.2, -0.15) is 0 Å². The molecule has 0 amide bonds. The van der Waals surface area contributed by atoms with Gasteiger partial charge in [-0.15, -0.1) is 0 Å². The minimum absolute atomic E-state index is 0.0726. The molecule has 0 radical (unpaired) electrons. The monoisotopic (exact) mass is 269 g/mol. The molecule has 0 spiro atoms. The average Bonchev–Trinajstić information content (AvgIpc) is 2.94. The van der Waals surface area contributed by atoms with Gasteiger partial charge in [-0.25, -0.2) is 4.98 Å². The zero-order valence-electron chi connectivity index (χ0n) is 11.4. The molecule has 3 aromatic rings. The summed E-state index contributed by atoms with van der Waals surface area (Å²) in [7, 11) is 2.02. The molecule has 0 saturated carbocycles. The van der Waals surface area contributed by atoms with Gasteiger partial charge in [0.1, 0.15) is 6.54 Å². The van der Waals surface area contributed by atoms with Crippen molar-refractivity contribution >= 4 is 16.9 Å². The van der Waals surface area contributed by atoms with Crippen LogP contribution in [0.1, 0.15) is 5.69 Å². The van der Waals surface area contributed by atoms with Gasteiger partial charge >= 0.3 is 5.97 Å². The maximum absolute atomic E-state index is 10.7. The van der Waals surface area contributed by atoms with Crippen molar-refractivity contribution in [1.29, 1.82) is 0 Å². The minimum Gasteiger partial charge on any atom is -0.480 e. The van der Waals surface area contributed by atoms with E-state index in [0.29, 0.717) is 0 Å². The lowest BCUT2D eigenvalue weighted by Gasteiger charge is -1.99. The Kier molecular flexibility index (Phi) is 2.82. The summed E-state index contributed by atoms with van der Waals surface area (Å²) in [5.74, 6) is -0.872. The van der Waals surface area contributed by atoms with Gasteiger partial charge in [0.25, 0.3) is 0 Å². The molecule has 2 aromatic heterocycles. The number of carbonyl (C=O) groups is 1. The van der Waals surface area contributed by atoms with Gasteiger partial charge < -0.3 is 14.2 Å². The zero-order chi connectivity index (χ0) is 14.3. The number of carboxylic acids is 1. The van der Waals surface area contributed by atoms with Crippen molar-refractivity contribution in [2.75, 3.05) is 0 Å². The first-order chi connectivity index (χ1) is 9.58. The van der Waals surface area contributed by atoms with E-state index in [4.69, 9.17) is 5.11 Å². The highest BCUT2D eigenvalue weighted by atomic mass is 16.4. The summed E-state index contributed by atoms with van der Waals surface area (Å²) in [6, 6.07) is 8.14. The van der Waals surface area contributed by atoms with Gasteiger partial charge in [-0.1, -0.05) is 18.2 Å². The van der Waals surface area contributed by atoms with Crippen LogP contribution in [-0.2, 0) is 18.4 Å². The normalized spacial score (nSPS) is 11.1. The SMILES string of the molecule is Cc1c(-c2cn(CC(=O)O)cn2)c2ccccc2n1C. The summed E-state index contributed by atoms with van der Waals surface area (Å²) in [6.07, 6.45) is 3.34. The van der Waals surface area contributed by atoms with Crippen molar-refractivity contribution < 1.29 is 9.90 Å². The Morgan fingerprint density at radius 3 is 2.85 bits per heavy atom. The molecule has 3 rings (SSSR count). The van der Waals surface area contributed by atoms with E-state index in [1.807, 2.05) is 26.1 Å². The first-order valence-electron chi connectivity index (χ1n) is 6.36. The number of benzene rings is 1. The molecule has 0 unspecified atom stereocenters. The van der Waals surface area contributed by atoms with Gasteiger partial charge in [0.2, 0.25) is 0 Å². The molecule has 1 aromatic carbocycles. The van der Waals surface area contributed by atoms with E-state index >= 15 is 0 Å². The number of rotatable bonds is 3. The second-order valence-corrected chi connectivity index (χ2v) is 4.86. The van der Waals surface area contributed by atoms with Crippen molar-refractivity contribution in [3.8, 4) is 11.3 Å². The van der Waals surface area contributed by atoms with Crippen LogP contribution < -0.4 is 0 Å². The molecular weight excluding hydrogens is 254 g/mol. The van der Waals surface area contributed by atoms with Crippen LogP contribution in [0.5, 0.6) is 0 Å². The molecule has 0 saturated heterocycles. The maximum Gasteiger partial charge on any atom is 0.323 e. The van der Waals surface area contributed by atoms with Gasteiger partial charge in [0.05, 0.1) is 12.0 Å². The lowest BCUT2D eigenvalue weighted by atomic mass is 10.1. The Bertz CT molecular complexity index is 799. The predicted molar refractivity (Wildman–Crippen MR) is 76.5 cm³/mol. The molecule has 0 fully saturated rings. The smallest absolute Gasteiger partial charge is 0.323 e. The van der Waals surface area contributed by atoms with Crippen LogP contribution in [0, 0.1) is 6.92 Å². The summed E-state index contributed by atoms with van der Waals surface area (Å²) >= 11 is 0. The first kappa shape index (κ1) is 12.5. The lowest BCUT2D eigenvalue weighted by molar-refractivity contribution is -0.137. The number of hydrogen-bond donors (Lipinski definition) is 1. The Labute approximate surface area is 116 Å². The number of aryl methyl sites for hydroxylation is 1. The number of carboxylic acid groups (broad SMARTS) is 1. The fourth-order valence-electron chi connectivity index (χ4n) is 2.58. The standard InChI is InChI=1S/C15H15N3O2/c1-10-15(11-5-3-4-6-13(11)17(10)2)12-7-18(9-16-12)8-14(19)20/h3-7,9H,8H2,1-2H3,(H,19,20). The fourth-order valence-corrected chi connectivity index (χ4v) is 2.58. The molecule has 0 aliphatic heterocycles. The molecule has 1 N–H and O–H groups in total. The summed E-state index contributed by atoms with van der Waals surface area (Å²) in [5.41, 5.74) is 4.13. The molecule has 20 heavy (non-hydrogen) atoms. The number of hydrogen-bond acceptors (Lipinski definition) is 2. The molecule has 2 heterocycles. The van der Waals surface area contributed by atoms with E-state index in [1.54, 1.807) is 17.1 Å².